The van der Waals surface area contributed by atoms with Gasteiger partial charge in [0.2, 0.25) is 0 Å². The van der Waals surface area contributed by atoms with Gasteiger partial charge in [-0.3, -0.25) is 9.89 Å². The van der Waals surface area contributed by atoms with Crippen molar-refractivity contribution in [2.75, 3.05) is 19.0 Å². The van der Waals surface area contributed by atoms with E-state index in [0.717, 1.165) is 18.2 Å². The van der Waals surface area contributed by atoms with Gasteiger partial charge in [-0.05, 0) is 29.8 Å². The monoisotopic (exact) mass is 359 g/mol. The molecule has 2 aromatic carbocycles. The van der Waals surface area contributed by atoms with Crippen LogP contribution in [0.1, 0.15) is 5.56 Å². The molecule has 0 spiro atoms. The predicted molar refractivity (Wildman–Crippen MR) is 94.8 cm³/mol. The molecule has 3 aromatic rings. The van der Waals surface area contributed by atoms with Crippen molar-refractivity contribution in [2.45, 2.75) is 6.30 Å². The highest BCUT2D eigenvalue weighted by atomic mass is 19.4. The number of aliphatic imine (C=N–C) groups is 1. The molecule has 3 rings (SSSR count). The van der Waals surface area contributed by atoms with E-state index < -0.39 is 6.30 Å². The van der Waals surface area contributed by atoms with E-state index in [1.165, 1.54) is 23.1 Å². The maximum Gasteiger partial charge on any atom is 0.484 e. The third-order valence-corrected chi connectivity index (χ3v) is 3.82. The van der Waals surface area contributed by atoms with Gasteiger partial charge in [0, 0.05) is 31.6 Å². The fraction of sp³-hybridized carbons (Fsp3) is 0.167. The second kappa shape index (κ2) is 6.99. The first kappa shape index (κ1) is 17.7. The van der Waals surface area contributed by atoms with Crippen molar-refractivity contribution in [3.63, 3.8) is 0 Å². The van der Waals surface area contributed by atoms with Gasteiger partial charge in [-0.15, -0.1) is 5.10 Å². The molecule has 8 heteroatoms. The van der Waals surface area contributed by atoms with E-state index in [2.05, 4.69) is 15.1 Å². The van der Waals surface area contributed by atoms with Crippen LogP contribution in [0.5, 0.6) is 0 Å². The number of hydrogen-bond acceptors (Lipinski definition) is 4. The zero-order valence-corrected chi connectivity index (χ0v) is 14.1. The molecule has 0 unspecified atom stereocenters. The maximum absolute atomic E-state index is 12.7. The van der Waals surface area contributed by atoms with Gasteiger partial charge >= 0.3 is 6.30 Å². The minimum atomic E-state index is -4.42. The van der Waals surface area contributed by atoms with E-state index in [-0.39, 0.29) is 10.6 Å². The summed E-state index contributed by atoms with van der Waals surface area (Å²) in [7, 11) is 2.68. The topological polar surface area (TPSA) is 46.3 Å². The SMILES string of the molecule is CN=Cc1ccc(-c2ncn(-c3ccc(N(C)C(F)(F)F)cc3)n2)cc1. The molecule has 5 nitrogen and oxygen atoms in total. The zero-order valence-electron chi connectivity index (χ0n) is 14.1. The van der Waals surface area contributed by atoms with Crippen LogP contribution in [0.2, 0.25) is 0 Å². The van der Waals surface area contributed by atoms with Gasteiger partial charge in [0.1, 0.15) is 6.33 Å². The van der Waals surface area contributed by atoms with Gasteiger partial charge in [0.05, 0.1) is 5.69 Å². The standard InChI is InChI=1S/C18H16F3N5/c1-22-11-13-3-5-14(6-4-13)17-23-12-26(24-17)16-9-7-15(8-10-16)25(2)18(19,20)21/h3-12H,1-2H3. The van der Waals surface area contributed by atoms with Gasteiger partial charge < -0.3 is 0 Å². The lowest BCUT2D eigenvalue weighted by Crippen LogP contribution is -2.33. The molecule has 0 atom stereocenters. The average molecular weight is 359 g/mol. The number of hydrogen-bond donors (Lipinski definition) is 0. The molecule has 1 aromatic heterocycles. The summed E-state index contributed by atoms with van der Waals surface area (Å²) in [5.41, 5.74) is 2.48. The van der Waals surface area contributed by atoms with Crippen molar-refractivity contribution in [1.29, 1.82) is 0 Å². The second-order valence-electron chi connectivity index (χ2n) is 5.57. The van der Waals surface area contributed by atoms with Crippen LogP contribution < -0.4 is 4.90 Å². The summed E-state index contributed by atoms with van der Waals surface area (Å²) < 4.78 is 39.7. The molecule has 134 valence electrons. The number of alkyl halides is 3. The van der Waals surface area contributed by atoms with Crippen LogP contribution in [0.15, 0.2) is 59.9 Å². The van der Waals surface area contributed by atoms with Gasteiger partial charge in [-0.2, -0.15) is 13.2 Å². The lowest BCUT2D eigenvalue weighted by Gasteiger charge is -2.22. The fourth-order valence-corrected chi connectivity index (χ4v) is 2.36. The van der Waals surface area contributed by atoms with Gasteiger partial charge in [-0.1, -0.05) is 24.3 Å². The Morgan fingerprint density at radius 2 is 1.69 bits per heavy atom. The third-order valence-electron chi connectivity index (χ3n) is 3.82. The molecule has 0 aliphatic rings. The quantitative estimate of drug-likeness (QED) is 0.524. The van der Waals surface area contributed by atoms with Gasteiger partial charge in [0.25, 0.3) is 0 Å². The summed E-state index contributed by atoms with van der Waals surface area (Å²) in [5.74, 6) is 0.529. The van der Waals surface area contributed by atoms with Crippen LogP contribution in [0.25, 0.3) is 17.1 Å². The van der Waals surface area contributed by atoms with Crippen LogP contribution in [-0.2, 0) is 0 Å². The lowest BCUT2D eigenvalue weighted by molar-refractivity contribution is -0.125. The highest BCUT2D eigenvalue weighted by Crippen LogP contribution is 2.27. The molecule has 0 saturated carbocycles. The van der Waals surface area contributed by atoms with Crippen LogP contribution in [-0.4, -0.2) is 41.4 Å². The normalized spacial score (nSPS) is 11.9. The summed E-state index contributed by atoms with van der Waals surface area (Å²) >= 11 is 0. The van der Waals surface area contributed by atoms with E-state index in [4.69, 9.17) is 0 Å². The number of rotatable bonds is 4. The molecule has 0 radical (unpaired) electrons. The van der Waals surface area contributed by atoms with Crippen LogP contribution in [0.3, 0.4) is 0 Å². The van der Waals surface area contributed by atoms with Crippen LogP contribution in [0, 0.1) is 0 Å². The second-order valence-corrected chi connectivity index (χ2v) is 5.57. The molecule has 0 bridgehead atoms. The number of nitrogens with zero attached hydrogens (tertiary/aromatic N) is 5. The van der Waals surface area contributed by atoms with E-state index in [0.29, 0.717) is 11.5 Å². The Labute approximate surface area is 148 Å². The minimum absolute atomic E-state index is 0.0507. The molecular weight excluding hydrogens is 343 g/mol. The van der Waals surface area contributed by atoms with E-state index in [9.17, 15) is 13.2 Å². The first-order valence-electron chi connectivity index (χ1n) is 7.74. The molecule has 0 amide bonds. The molecule has 0 saturated heterocycles. The first-order chi connectivity index (χ1) is 12.4. The van der Waals surface area contributed by atoms with Crippen molar-refractivity contribution in [2.24, 2.45) is 4.99 Å². The first-order valence-corrected chi connectivity index (χ1v) is 7.74. The number of benzene rings is 2. The Hall–Kier alpha value is -3.16. The number of halogens is 3. The minimum Gasteiger partial charge on any atom is -0.296 e. The Morgan fingerprint density at radius 1 is 1.04 bits per heavy atom. The smallest absolute Gasteiger partial charge is 0.296 e. The van der Waals surface area contributed by atoms with Crippen molar-refractivity contribution >= 4 is 11.9 Å². The molecule has 0 N–H and O–H groups in total. The third kappa shape index (κ3) is 3.74. The van der Waals surface area contributed by atoms with Crippen molar-refractivity contribution in [3.8, 4) is 17.1 Å². The zero-order chi connectivity index (χ0) is 18.7. The predicted octanol–water partition coefficient (Wildman–Crippen LogP) is 3.94. The maximum atomic E-state index is 12.7. The Balaban J connectivity index is 1.81. The van der Waals surface area contributed by atoms with Gasteiger partial charge in [-0.25, -0.2) is 9.67 Å². The molecule has 0 fully saturated rings. The fourth-order valence-electron chi connectivity index (χ4n) is 2.36. The number of anilines is 1. The van der Waals surface area contributed by atoms with E-state index in [1.807, 2.05) is 24.3 Å². The highest BCUT2D eigenvalue weighted by molar-refractivity contribution is 5.80. The highest BCUT2D eigenvalue weighted by Gasteiger charge is 2.34. The van der Waals surface area contributed by atoms with E-state index in [1.54, 1.807) is 25.4 Å². The molecule has 1 heterocycles. The summed E-state index contributed by atoms with van der Waals surface area (Å²) in [6, 6.07) is 13.5. The van der Waals surface area contributed by atoms with E-state index >= 15 is 0 Å². The summed E-state index contributed by atoms with van der Waals surface area (Å²) in [6.07, 6.45) is -1.15. The Morgan fingerprint density at radius 3 is 2.27 bits per heavy atom. The van der Waals surface area contributed by atoms with Gasteiger partial charge in [0.15, 0.2) is 5.82 Å². The summed E-state index contributed by atoms with van der Waals surface area (Å²) in [5, 5.41) is 4.39. The summed E-state index contributed by atoms with van der Waals surface area (Å²) in [6.45, 7) is 0. The molecule has 0 aliphatic carbocycles. The average Bonchev–Trinajstić information content (AvgIpc) is 3.11. The molecule has 26 heavy (non-hydrogen) atoms. The number of aromatic nitrogens is 3. The Bertz CT molecular complexity index is 896. The van der Waals surface area contributed by atoms with Crippen LogP contribution in [0.4, 0.5) is 18.9 Å². The largest absolute Gasteiger partial charge is 0.484 e. The summed E-state index contributed by atoms with van der Waals surface area (Å²) in [4.78, 5) is 8.47. The van der Waals surface area contributed by atoms with Crippen molar-refractivity contribution < 1.29 is 13.2 Å². The molecule has 0 aliphatic heterocycles. The van der Waals surface area contributed by atoms with Crippen molar-refractivity contribution in [1.82, 2.24) is 14.8 Å². The van der Waals surface area contributed by atoms with Crippen LogP contribution >= 0.6 is 0 Å². The molecular formula is C18H16F3N5. The van der Waals surface area contributed by atoms with Crippen molar-refractivity contribution in [3.05, 3.63) is 60.4 Å². The Kier molecular flexibility index (Phi) is 4.75. The lowest BCUT2D eigenvalue weighted by atomic mass is 10.1.